The van der Waals surface area contributed by atoms with Crippen molar-refractivity contribution in [1.29, 1.82) is 0 Å². The average molecular weight is 265 g/mol. The molecule has 0 aliphatic carbocycles. The highest BCUT2D eigenvalue weighted by molar-refractivity contribution is 5.40. The van der Waals surface area contributed by atoms with Gasteiger partial charge in [0.25, 0.3) is 0 Å². The van der Waals surface area contributed by atoms with E-state index >= 15 is 0 Å². The summed E-state index contributed by atoms with van der Waals surface area (Å²) in [6, 6.07) is 6.06. The normalized spacial score (nSPS) is 22.8. The summed E-state index contributed by atoms with van der Waals surface area (Å²) in [5, 5.41) is 14.2. The molecule has 19 heavy (non-hydrogen) atoms. The summed E-state index contributed by atoms with van der Waals surface area (Å²) >= 11 is 0. The van der Waals surface area contributed by atoms with Crippen molar-refractivity contribution in [2.24, 2.45) is 0 Å². The van der Waals surface area contributed by atoms with E-state index in [0.717, 1.165) is 30.0 Å². The molecule has 2 unspecified atom stereocenters. The van der Waals surface area contributed by atoms with Gasteiger partial charge < -0.3 is 19.9 Å². The van der Waals surface area contributed by atoms with Crippen LogP contribution in [-0.4, -0.2) is 38.0 Å². The first-order chi connectivity index (χ1) is 9.03. The third-order valence-electron chi connectivity index (χ3n) is 3.58. The highest BCUT2D eigenvalue weighted by Crippen LogP contribution is 2.34. The minimum Gasteiger partial charge on any atom is -0.496 e. The molecule has 2 atom stereocenters. The van der Waals surface area contributed by atoms with Crippen LogP contribution in [0, 0.1) is 6.92 Å². The fraction of sp³-hybridized carbons (Fsp3) is 0.600. The predicted octanol–water partition coefficient (Wildman–Crippen LogP) is 1.59. The monoisotopic (exact) mass is 265 g/mol. The molecule has 0 bridgehead atoms. The van der Waals surface area contributed by atoms with Crippen LogP contribution < -0.4 is 10.1 Å². The molecule has 1 aromatic carbocycles. The number of hydrogen-bond donors (Lipinski definition) is 2. The zero-order valence-electron chi connectivity index (χ0n) is 11.9. The van der Waals surface area contributed by atoms with Gasteiger partial charge >= 0.3 is 0 Å². The van der Waals surface area contributed by atoms with Crippen molar-refractivity contribution in [3.8, 4) is 5.75 Å². The minimum absolute atomic E-state index is 0.175. The highest BCUT2D eigenvalue weighted by atomic mass is 16.5. The lowest BCUT2D eigenvalue weighted by Gasteiger charge is -2.32. The molecule has 1 aliphatic heterocycles. The molecule has 0 amide bonds. The van der Waals surface area contributed by atoms with E-state index in [-0.39, 0.29) is 6.04 Å². The predicted molar refractivity (Wildman–Crippen MR) is 74.5 cm³/mol. The van der Waals surface area contributed by atoms with Gasteiger partial charge in [-0.15, -0.1) is 0 Å². The first kappa shape index (κ1) is 14.3. The maximum absolute atomic E-state index is 10.8. The third-order valence-corrected chi connectivity index (χ3v) is 3.58. The topological polar surface area (TPSA) is 50.7 Å². The number of morpholine rings is 1. The lowest BCUT2D eigenvalue weighted by atomic mass is 9.87. The Balaban J connectivity index is 2.19. The lowest BCUT2D eigenvalue weighted by molar-refractivity contribution is 0.00186. The molecule has 2 rings (SSSR count). The largest absolute Gasteiger partial charge is 0.496 e. The van der Waals surface area contributed by atoms with Gasteiger partial charge in [0.2, 0.25) is 0 Å². The third kappa shape index (κ3) is 3.47. The minimum atomic E-state index is -0.935. The van der Waals surface area contributed by atoms with Crippen LogP contribution in [0.4, 0.5) is 0 Å². The standard InChI is InChI=1S/C15H23NO3/c1-11-4-5-14(18-3)13(8-11)15(2,17)9-12-10-19-7-6-16-12/h4-5,8,12,16-17H,6-7,9-10H2,1-3H3. The summed E-state index contributed by atoms with van der Waals surface area (Å²) in [7, 11) is 1.63. The Morgan fingerprint density at radius 1 is 1.53 bits per heavy atom. The van der Waals surface area contributed by atoms with E-state index in [9.17, 15) is 5.11 Å². The lowest BCUT2D eigenvalue weighted by Crippen LogP contribution is -2.45. The van der Waals surface area contributed by atoms with Crippen LogP contribution in [0.2, 0.25) is 0 Å². The van der Waals surface area contributed by atoms with Crippen LogP contribution >= 0.6 is 0 Å². The molecule has 0 aromatic heterocycles. The maximum Gasteiger partial charge on any atom is 0.124 e. The quantitative estimate of drug-likeness (QED) is 0.868. The van der Waals surface area contributed by atoms with Gasteiger partial charge in [0.1, 0.15) is 5.75 Å². The summed E-state index contributed by atoms with van der Waals surface area (Å²) in [5.74, 6) is 0.729. The first-order valence-corrected chi connectivity index (χ1v) is 6.71. The van der Waals surface area contributed by atoms with Crippen LogP contribution in [0.5, 0.6) is 5.75 Å². The zero-order valence-corrected chi connectivity index (χ0v) is 11.9. The number of aryl methyl sites for hydroxylation is 1. The van der Waals surface area contributed by atoms with E-state index in [1.54, 1.807) is 7.11 Å². The zero-order chi connectivity index (χ0) is 13.9. The summed E-state index contributed by atoms with van der Waals surface area (Å²) in [6.45, 7) is 6.07. The average Bonchev–Trinajstić information content (AvgIpc) is 2.39. The number of nitrogens with one attached hydrogen (secondary N) is 1. The second-order valence-electron chi connectivity index (χ2n) is 5.41. The maximum atomic E-state index is 10.8. The molecule has 1 fully saturated rings. The summed E-state index contributed by atoms with van der Waals surface area (Å²) < 4.78 is 10.8. The van der Waals surface area contributed by atoms with Gasteiger partial charge in [-0.25, -0.2) is 0 Å². The van der Waals surface area contributed by atoms with Crippen LogP contribution in [0.3, 0.4) is 0 Å². The van der Waals surface area contributed by atoms with Crippen molar-refractivity contribution >= 4 is 0 Å². The van der Waals surface area contributed by atoms with Gasteiger partial charge in [0, 0.05) is 18.2 Å². The molecule has 4 heteroatoms. The number of hydrogen-bond acceptors (Lipinski definition) is 4. The van der Waals surface area contributed by atoms with Gasteiger partial charge in [-0.1, -0.05) is 11.6 Å². The van der Waals surface area contributed by atoms with Crippen LogP contribution in [0.25, 0.3) is 0 Å². The SMILES string of the molecule is COc1ccc(C)cc1C(C)(O)CC1COCCN1. The van der Waals surface area contributed by atoms with E-state index in [0.29, 0.717) is 13.0 Å². The molecule has 4 nitrogen and oxygen atoms in total. The fourth-order valence-corrected chi connectivity index (χ4v) is 2.58. The Bertz CT molecular complexity index is 425. The number of ether oxygens (including phenoxy) is 2. The van der Waals surface area contributed by atoms with E-state index in [4.69, 9.17) is 9.47 Å². The number of rotatable bonds is 4. The van der Waals surface area contributed by atoms with Crippen LogP contribution in [0.1, 0.15) is 24.5 Å². The van der Waals surface area contributed by atoms with E-state index < -0.39 is 5.60 Å². The number of methoxy groups -OCH3 is 1. The molecule has 0 spiro atoms. The van der Waals surface area contributed by atoms with E-state index in [2.05, 4.69) is 5.32 Å². The Kier molecular flexibility index (Phi) is 4.45. The Hall–Kier alpha value is -1.10. The molecular formula is C15H23NO3. The molecule has 106 valence electrons. The van der Waals surface area contributed by atoms with Crippen molar-refractivity contribution in [2.75, 3.05) is 26.9 Å². The van der Waals surface area contributed by atoms with Crippen LogP contribution in [-0.2, 0) is 10.3 Å². The second kappa shape index (κ2) is 5.90. The molecular weight excluding hydrogens is 242 g/mol. The number of benzene rings is 1. The molecule has 2 N–H and O–H groups in total. The van der Waals surface area contributed by atoms with Crippen LogP contribution in [0.15, 0.2) is 18.2 Å². The molecule has 0 saturated carbocycles. The van der Waals surface area contributed by atoms with Crippen molar-refractivity contribution in [3.05, 3.63) is 29.3 Å². The molecule has 1 heterocycles. The van der Waals surface area contributed by atoms with Crippen molar-refractivity contribution in [2.45, 2.75) is 31.9 Å². The van der Waals surface area contributed by atoms with E-state index in [1.807, 2.05) is 32.0 Å². The Labute approximate surface area is 114 Å². The van der Waals surface area contributed by atoms with Gasteiger partial charge in [-0.3, -0.25) is 0 Å². The molecule has 1 saturated heterocycles. The van der Waals surface area contributed by atoms with Crippen molar-refractivity contribution < 1.29 is 14.6 Å². The highest BCUT2D eigenvalue weighted by Gasteiger charge is 2.31. The Morgan fingerprint density at radius 3 is 2.95 bits per heavy atom. The van der Waals surface area contributed by atoms with Gasteiger partial charge in [-0.2, -0.15) is 0 Å². The smallest absolute Gasteiger partial charge is 0.124 e. The summed E-state index contributed by atoms with van der Waals surface area (Å²) in [5.41, 5.74) is 1.02. The Morgan fingerprint density at radius 2 is 2.32 bits per heavy atom. The number of aliphatic hydroxyl groups is 1. The van der Waals surface area contributed by atoms with Gasteiger partial charge in [0.15, 0.2) is 0 Å². The van der Waals surface area contributed by atoms with Crippen molar-refractivity contribution in [1.82, 2.24) is 5.32 Å². The summed E-state index contributed by atoms with van der Waals surface area (Å²) in [6.07, 6.45) is 0.604. The summed E-state index contributed by atoms with van der Waals surface area (Å²) in [4.78, 5) is 0. The van der Waals surface area contributed by atoms with Gasteiger partial charge in [-0.05, 0) is 32.4 Å². The molecule has 0 radical (unpaired) electrons. The van der Waals surface area contributed by atoms with Crippen molar-refractivity contribution in [3.63, 3.8) is 0 Å². The first-order valence-electron chi connectivity index (χ1n) is 6.71. The second-order valence-corrected chi connectivity index (χ2v) is 5.41. The fourth-order valence-electron chi connectivity index (χ4n) is 2.58. The van der Waals surface area contributed by atoms with E-state index in [1.165, 1.54) is 0 Å². The molecule has 1 aliphatic rings. The molecule has 1 aromatic rings. The van der Waals surface area contributed by atoms with Gasteiger partial charge in [0.05, 0.1) is 25.9 Å².